The smallest absolute Gasteiger partial charge is 0.338 e. The molecule has 2 aromatic carbocycles. The van der Waals surface area contributed by atoms with Gasteiger partial charge in [-0.1, -0.05) is 5.16 Å². The van der Waals surface area contributed by atoms with E-state index in [0.717, 1.165) is 16.0 Å². The van der Waals surface area contributed by atoms with E-state index in [4.69, 9.17) is 9.26 Å². The highest BCUT2D eigenvalue weighted by molar-refractivity contribution is 7.98. The highest BCUT2D eigenvalue weighted by Crippen LogP contribution is 2.26. The summed E-state index contributed by atoms with van der Waals surface area (Å²) in [5.74, 6) is -0.198. The molecule has 1 heterocycles. The Labute approximate surface area is 149 Å². The predicted molar refractivity (Wildman–Crippen MR) is 94.0 cm³/mol. The second-order valence-electron chi connectivity index (χ2n) is 5.39. The molecule has 0 saturated heterocycles. The minimum atomic E-state index is -0.418. The summed E-state index contributed by atoms with van der Waals surface area (Å²) in [5, 5.41) is 3.96. The minimum Gasteiger partial charge on any atom is -0.455 e. The maximum absolute atomic E-state index is 13.0. The topological polar surface area (TPSA) is 52.3 Å². The van der Waals surface area contributed by atoms with Crippen LogP contribution in [0.1, 0.15) is 21.6 Å². The Morgan fingerprint density at radius 3 is 2.48 bits per heavy atom. The largest absolute Gasteiger partial charge is 0.455 e. The first-order valence-electron chi connectivity index (χ1n) is 7.60. The lowest BCUT2D eigenvalue weighted by Crippen LogP contribution is -2.06. The summed E-state index contributed by atoms with van der Waals surface area (Å²) in [5.41, 5.74) is 2.50. The normalized spacial score (nSPS) is 10.7. The molecule has 3 rings (SSSR count). The lowest BCUT2D eigenvalue weighted by atomic mass is 10.1. The standard InChI is InChI=1S/C19H16FNO3S/c1-12-17(21-24-18(12)13-3-7-15(20)8-4-13)11-23-19(22)14-5-9-16(25-2)10-6-14/h3-10H,11H2,1-2H3. The van der Waals surface area contributed by atoms with Gasteiger partial charge in [0.2, 0.25) is 0 Å². The van der Waals surface area contributed by atoms with Crippen LogP contribution in [0.5, 0.6) is 0 Å². The number of hydrogen-bond donors (Lipinski definition) is 0. The van der Waals surface area contributed by atoms with Crippen molar-refractivity contribution in [2.45, 2.75) is 18.4 Å². The van der Waals surface area contributed by atoms with Crippen molar-refractivity contribution in [1.29, 1.82) is 0 Å². The molecule has 1 aromatic heterocycles. The van der Waals surface area contributed by atoms with Crippen molar-refractivity contribution in [3.05, 3.63) is 71.2 Å². The van der Waals surface area contributed by atoms with Crippen molar-refractivity contribution in [2.75, 3.05) is 6.26 Å². The summed E-state index contributed by atoms with van der Waals surface area (Å²) in [6.07, 6.45) is 1.97. The number of rotatable bonds is 5. The van der Waals surface area contributed by atoms with Gasteiger partial charge in [0.25, 0.3) is 0 Å². The van der Waals surface area contributed by atoms with Gasteiger partial charge in [-0.15, -0.1) is 11.8 Å². The van der Waals surface area contributed by atoms with Crippen LogP contribution in [-0.2, 0) is 11.3 Å². The monoisotopic (exact) mass is 357 g/mol. The molecule has 128 valence electrons. The fourth-order valence-electron chi connectivity index (χ4n) is 2.32. The van der Waals surface area contributed by atoms with Gasteiger partial charge in [0.15, 0.2) is 5.76 Å². The Morgan fingerprint density at radius 1 is 1.16 bits per heavy atom. The molecule has 0 bridgehead atoms. The molecule has 0 fully saturated rings. The number of hydrogen-bond acceptors (Lipinski definition) is 5. The summed E-state index contributed by atoms with van der Waals surface area (Å²) in [7, 11) is 0. The molecule has 0 spiro atoms. The number of thioether (sulfide) groups is 1. The molecule has 0 atom stereocenters. The van der Waals surface area contributed by atoms with Crippen LogP contribution in [-0.4, -0.2) is 17.4 Å². The number of halogens is 1. The first-order valence-corrected chi connectivity index (χ1v) is 8.83. The Morgan fingerprint density at radius 2 is 1.84 bits per heavy atom. The van der Waals surface area contributed by atoms with Gasteiger partial charge in [0.05, 0.1) is 5.56 Å². The minimum absolute atomic E-state index is 0.0135. The van der Waals surface area contributed by atoms with Crippen molar-refractivity contribution in [2.24, 2.45) is 0 Å². The Balaban J connectivity index is 1.69. The quantitative estimate of drug-likeness (QED) is 0.482. The zero-order valence-electron chi connectivity index (χ0n) is 13.8. The van der Waals surface area contributed by atoms with Gasteiger partial charge < -0.3 is 9.26 Å². The van der Waals surface area contributed by atoms with Gasteiger partial charge in [-0.25, -0.2) is 9.18 Å². The van der Waals surface area contributed by atoms with Crippen LogP contribution in [0.15, 0.2) is 57.9 Å². The van der Waals surface area contributed by atoms with Crippen molar-refractivity contribution >= 4 is 17.7 Å². The molecule has 3 aromatic rings. The summed E-state index contributed by atoms with van der Waals surface area (Å²) in [6, 6.07) is 13.1. The maximum Gasteiger partial charge on any atom is 0.338 e. The van der Waals surface area contributed by atoms with Crippen molar-refractivity contribution in [3.63, 3.8) is 0 Å². The van der Waals surface area contributed by atoms with Crippen molar-refractivity contribution in [3.8, 4) is 11.3 Å². The average Bonchev–Trinajstić information content (AvgIpc) is 3.01. The van der Waals surface area contributed by atoms with E-state index in [1.165, 1.54) is 12.1 Å². The summed E-state index contributed by atoms with van der Waals surface area (Å²) >= 11 is 1.60. The van der Waals surface area contributed by atoms with Crippen LogP contribution >= 0.6 is 11.8 Å². The van der Waals surface area contributed by atoms with Crippen LogP contribution in [0.3, 0.4) is 0 Å². The summed E-state index contributed by atoms with van der Waals surface area (Å²) < 4.78 is 23.7. The molecule has 0 N–H and O–H groups in total. The van der Waals surface area contributed by atoms with E-state index in [1.54, 1.807) is 36.0 Å². The number of nitrogens with zero attached hydrogens (tertiary/aromatic N) is 1. The van der Waals surface area contributed by atoms with E-state index < -0.39 is 5.97 Å². The Hall–Kier alpha value is -2.60. The van der Waals surface area contributed by atoms with E-state index in [2.05, 4.69) is 5.16 Å². The third-order valence-corrected chi connectivity index (χ3v) is 4.54. The number of esters is 1. The molecule has 25 heavy (non-hydrogen) atoms. The molecule has 6 heteroatoms. The van der Waals surface area contributed by atoms with Crippen LogP contribution in [0.4, 0.5) is 4.39 Å². The van der Waals surface area contributed by atoms with Gasteiger partial charge in [-0.3, -0.25) is 0 Å². The number of ether oxygens (including phenoxy) is 1. The molecule has 0 amide bonds. The van der Waals surface area contributed by atoms with E-state index >= 15 is 0 Å². The van der Waals surface area contributed by atoms with Crippen LogP contribution in [0, 0.1) is 12.7 Å². The highest BCUT2D eigenvalue weighted by atomic mass is 32.2. The van der Waals surface area contributed by atoms with Gasteiger partial charge in [0, 0.05) is 16.0 Å². The molecule has 0 saturated carbocycles. The predicted octanol–water partition coefficient (Wildman–Crippen LogP) is 4.87. The van der Waals surface area contributed by atoms with E-state index in [1.807, 2.05) is 25.3 Å². The second-order valence-corrected chi connectivity index (χ2v) is 6.27. The molecule has 4 nitrogen and oxygen atoms in total. The highest BCUT2D eigenvalue weighted by Gasteiger charge is 2.16. The molecular weight excluding hydrogens is 341 g/mol. The first-order chi connectivity index (χ1) is 12.1. The molecule has 0 aliphatic carbocycles. The van der Waals surface area contributed by atoms with E-state index in [0.29, 0.717) is 17.0 Å². The zero-order valence-corrected chi connectivity index (χ0v) is 14.6. The van der Waals surface area contributed by atoms with Crippen LogP contribution in [0.25, 0.3) is 11.3 Å². The molecule has 0 radical (unpaired) electrons. The molecule has 0 aliphatic heterocycles. The van der Waals surface area contributed by atoms with Gasteiger partial charge in [-0.05, 0) is 61.7 Å². The zero-order chi connectivity index (χ0) is 17.8. The van der Waals surface area contributed by atoms with Crippen molar-refractivity contribution in [1.82, 2.24) is 5.16 Å². The molecular formula is C19H16FNO3S. The van der Waals surface area contributed by atoms with E-state index in [-0.39, 0.29) is 12.4 Å². The average molecular weight is 357 g/mol. The Bertz CT molecular complexity index is 873. The third-order valence-electron chi connectivity index (χ3n) is 3.79. The fourth-order valence-corrected chi connectivity index (χ4v) is 2.73. The summed E-state index contributed by atoms with van der Waals surface area (Å²) in [6.45, 7) is 1.84. The summed E-state index contributed by atoms with van der Waals surface area (Å²) in [4.78, 5) is 13.2. The molecule has 0 unspecified atom stereocenters. The Kier molecular flexibility index (Phi) is 5.19. The van der Waals surface area contributed by atoms with Crippen LogP contribution < -0.4 is 0 Å². The van der Waals surface area contributed by atoms with E-state index in [9.17, 15) is 9.18 Å². The van der Waals surface area contributed by atoms with Gasteiger partial charge >= 0.3 is 5.97 Å². The van der Waals surface area contributed by atoms with Gasteiger partial charge in [0.1, 0.15) is 18.1 Å². The van der Waals surface area contributed by atoms with Gasteiger partial charge in [-0.2, -0.15) is 0 Å². The maximum atomic E-state index is 13.0. The number of aromatic nitrogens is 1. The fraction of sp³-hybridized carbons (Fsp3) is 0.158. The lowest BCUT2D eigenvalue weighted by Gasteiger charge is -2.04. The molecule has 0 aliphatic rings. The van der Waals surface area contributed by atoms with Crippen LogP contribution in [0.2, 0.25) is 0 Å². The first kappa shape index (κ1) is 17.2. The number of carbonyl (C=O) groups is 1. The third kappa shape index (κ3) is 3.91. The lowest BCUT2D eigenvalue weighted by molar-refractivity contribution is 0.0463. The number of carbonyl (C=O) groups excluding carboxylic acids is 1. The number of benzene rings is 2. The van der Waals surface area contributed by atoms with Crippen molar-refractivity contribution < 1.29 is 18.4 Å². The SMILES string of the molecule is CSc1ccc(C(=O)OCc2noc(-c3ccc(F)cc3)c2C)cc1. The second kappa shape index (κ2) is 7.53.